The summed E-state index contributed by atoms with van der Waals surface area (Å²) in [5.41, 5.74) is 1.69. The van der Waals surface area contributed by atoms with Crippen molar-refractivity contribution < 1.29 is 0 Å². The molecule has 0 saturated heterocycles. The molecule has 0 amide bonds. The average molecular weight is 402 g/mol. The second-order valence-electron chi connectivity index (χ2n) is 7.49. The van der Waals surface area contributed by atoms with Crippen LogP contribution in [0.15, 0.2) is 37.3 Å². The number of anilines is 1. The van der Waals surface area contributed by atoms with Crippen LogP contribution >= 0.6 is 0 Å². The van der Waals surface area contributed by atoms with Gasteiger partial charge < -0.3 is 4.90 Å². The fourth-order valence-electron chi connectivity index (χ4n) is 4.06. The van der Waals surface area contributed by atoms with Crippen LogP contribution in [0.1, 0.15) is 44.9 Å². The van der Waals surface area contributed by atoms with Crippen LogP contribution in [0.2, 0.25) is 0 Å². The molecule has 0 saturated carbocycles. The Labute approximate surface area is 173 Å². The Morgan fingerprint density at radius 2 is 1.87 bits per heavy atom. The molecule has 0 fully saturated rings. The lowest BCUT2D eigenvalue weighted by atomic mass is 10.1. The van der Waals surface area contributed by atoms with Crippen molar-refractivity contribution in [1.29, 1.82) is 0 Å². The highest BCUT2D eigenvalue weighted by Crippen LogP contribution is 2.40. The van der Waals surface area contributed by atoms with Crippen LogP contribution in [0.25, 0.3) is 23.0 Å². The van der Waals surface area contributed by atoms with Crippen LogP contribution < -0.4 is 4.90 Å². The molecule has 5 rings (SSSR count). The topological polar surface area (TPSA) is 103 Å². The maximum Gasteiger partial charge on any atom is 0.237 e. The molecule has 30 heavy (non-hydrogen) atoms. The van der Waals surface area contributed by atoms with E-state index in [0.29, 0.717) is 11.8 Å². The monoisotopic (exact) mass is 402 g/mol. The molecule has 1 atom stereocenters. The number of aryl methyl sites for hydroxylation is 1. The molecule has 152 valence electrons. The first-order valence-corrected chi connectivity index (χ1v) is 9.97. The Hall–Kier alpha value is -3.69. The summed E-state index contributed by atoms with van der Waals surface area (Å²) in [5.74, 6) is 3.85. The van der Waals surface area contributed by atoms with Gasteiger partial charge in [-0.3, -0.25) is 9.13 Å². The van der Waals surface area contributed by atoms with E-state index in [1.807, 2.05) is 23.9 Å². The van der Waals surface area contributed by atoms with Crippen molar-refractivity contribution in [2.75, 3.05) is 4.90 Å². The molecule has 4 aromatic rings. The molecule has 1 aliphatic rings. The fraction of sp³-hybridized carbons (Fsp3) is 0.350. The normalized spacial score (nSPS) is 15.4. The molecule has 0 aliphatic carbocycles. The van der Waals surface area contributed by atoms with Gasteiger partial charge in [0.15, 0.2) is 11.6 Å². The van der Waals surface area contributed by atoms with Gasteiger partial charge in [-0.15, -0.1) is 10.2 Å². The molecule has 0 unspecified atom stereocenters. The lowest BCUT2D eigenvalue weighted by Gasteiger charge is -2.39. The van der Waals surface area contributed by atoms with Gasteiger partial charge in [0.05, 0.1) is 17.8 Å². The van der Waals surface area contributed by atoms with E-state index in [1.165, 1.54) is 6.33 Å². The summed E-state index contributed by atoms with van der Waals surface area (Å²) in [5, 5.41) is 8.77. The van der Waals surface area contributed by atoms with Crippen molar-refractivity contribution in [2.24, 2.45) is 0 Å². The van der Waals surface area contributed by atoms with E-state index in [-0.39, 0.29) is 12.1 Å². The Morgan fingerprint density at radius 1 is 1.07 bits per heavy atom. The standard InChI is InChI=1S/C20H22N10/c1-5-15-19-27-26-13(4)30(19)16-10-24-20(25-18(16)29(15)12(2)3)28-7-6-23-17(28)14-8-21-11-22-9-14/h6-12,15H,5H2,1-4H3/t15-/m1/s1. The van der Waals surface area contributed by atoms with Crippen molar-refractivity contribution in [3.63, 3.8) is 0 Å². The van der Waals surface area contributed by atoms with E-state index in [0.717, 1.165) is 35.1 Å². The van der Waals surface area contributed by atoms with Crippen molar-refractivity contribution >= 4 is 5.82 Å². The van der Waals surface area contributed by atoms with Gasteiger partial charge in [0.2, 0.25) is 5.95 Å². The first-order valence-electron chi connectivity index (χ1n) is 9.97. The molecular formula is C20H22N10. The Bertz CT molecular complexity index is 1190. The summed E-state index contributed by atoms with van der Waals surface area (Å²) in [6.07, 6.45) is 11.3. The summed E-state index contributed by atoms with van der Waals surface area (Å²) in [6, 6.07) is 0.318. The Balaban J connectivity index is 1.70. The van der Waals surface area contributed by atoms with Gasteiger partial charge in [-0.25, -0.2) is 19.9 Å². The van der Waals surface area contributed by atoms with Gasteiger partial charge in [0.1, 0.15) is 23.7 Å². The number of fused-ring (bicyclic) bond motifs is 3. The molecular weight excluding hydrogens is 380 g/mol. The molecule has 0 bridgehead atoms. The zero-order valence-electron chi connectivity index (χ0n) is 17.3. The largest absolute Gasteiger partial charge is 0.342 e. The number of rotatable bonds is 4. The SMILES string of the molecule is CC[C@@H]1c2nnc(C)n2-c2cnc(-n3ccnc3-c3cncnc3)nc2N1C(C)C. The van der Waals surface area contributed by atoms with E-state index in [2.05, 4.69) is 60.4 Å². The third-order valence-electron chi connectivity index (χ3n) is 5.32. The van der Waals surface area contributed by atoms with E-state index in [1.54, 1.807) is 18.6 Å². The zero-order valence-corrected chi connectivity index (χ0v) is 17.3. The first-order chi connectivity index (χ1) is 14.6. The molecule has 10 nitrogen and oxygen atoms in total. The number of imidazole rings is 1. The van der Waals surface area contributed by atoms with E-state index in [4.69, 9.17) is 4.98 Å². The highest BCUT2D eigenvalue weighted by Gasteiger charge is 2.36. The molecule has 1 aliphatic heterocycles. The van der Waals surface area contributed by atoms with Crippen LogP contribution in [0.3, 0.4) is 0 Å². The minimum atomic E-state index is 0.0891. The molecule has 0 aromatic carbocycles. The Kier molecular flexibility index (Phi) is 4.27. The maximum absolute atomic E-state index is 4.98. The summed E-state index contributed by atoms with van der Waals surface area (Å²) in [7, 11) is 0. The minimum Gasteiger partial charge on any atom is -0.342 e. The predicted octanol–water partition coefficient (Wildman–Crippen LogP) is 2.69. The summed E-state index contributed by atoms with van der Waals surface area (Å²) < 4.78 is 3.92. The second-order valence-corrected chi connectivity index (χ2v) is 7.49. The average Bonchev–Trinajstić information content (AvgIpc) is 3.40. The van der Waals surface area contributed by atoms with Crippen molar-refractivity contribution in [2.45, 2.75) is 46.2 Å². The third kappa shape index (κ3) is 2.67. The lowest BCUT2D eigenvalue weighted by molar-refractivity contribution is 0.496. The Morgan fingerprint density at radius 3 is 2.60 bits per heavy atom. The van der Waals surface area contributed by atoms with E-state index in [9.17, 15) is 0 Å². The number of aromatic nitrogens is 9. The minimum absolute atomic E-state index is 0.0891. The lowest BCUT2D eigenvalue weighted by Crippen LogP contribution is -2.40. The quantitative estimate of drug-likeness (QED) is 0.513. The van der Waals surface area contributed by atoms with Gasteiger partial charge in [-0.2, -0.15) is 4.98 Å². The molecule has 4 aromatic heterocycles. The van der Waals surface area contributed by atoms with Gasteiger partial charge in [0.25, 0.3) is 0 Å². The fourth-order valence-corrected chi connectivity index (χ4v) is 4.06. The summed E-state index contributed by atoms with van der Waals surface area (Å²) in [4.78, 5) is 24.6. The van der Waals surface area contributed by atoms with Gasteiger partial charge in [0, 0.05) is 30.8 Å². The summed E-state index contributed by atoms with van der Waals surface area (Å²) >= 11 is 0. The number of nitrogens with zero attached hydrogens (tertiary/aromatic N) is 10. The van der Waals surface area contributed by atoms with Crippen LogP contribution in [0.5, 0.6) is 0 Å². The van der Waals surface area contributed by atoms with Gasteiger partial charge in [-0.1, -0.05) is 6.92 Å². The van der Waals surface area contributed by atoms with Crippen LogP contribution in [-0.4, -0.2) is 50.3 Å². The summed E-state index contributed by atoms with van der Waals surface area (Å²) in [6.45, 7) is 8.44. The van der Waals surface area contributed by atoms with E-state index < -0.39 is 0 Å². The van der Waals surface area contributed by atoms with Crippen LogP contribution in [0, 0.1) is 6.92 Å². The van der Waals surface area contributed by atoms with Gasteiger partial charge in [-0.05, 0) is 27.2 Å². The number of hydrogen-bond acceptors (Lipinski definition) is 8. The van der Waals surface area contributed by atoms with Crippen molar-refractivity contribution in [3.8, 4) is 23.0 Å². The highest BCUT2D eigenvalue weighted by atomic mass is 15.4. The maximum atomic E-state index is 4.98. The molecule has 0 spiro atoms. The predicted molar refractivity (Wildman–Crippen MR) is 110 cm³/mol. The number of hydrogen-bond donors (Lipinski definition) is 0. The molecule has 0 radical (unpaired) electrons. The first kappa shape index (κ1) is 18.3. The smallest absolute Gasteiger partial charge is 0.237 e. The van der Waals surface area contributed by atoms with Crippen molar-refractivity contribution in [3.05, 3.63) is 49.0 Å². The zero-order chi connectivity index (χ0) is 20.8. The van der Waals surface area contributed by atoms with Crippen molar-refractivity contribution in [1.82, 2.24) is 44.3 Å². The molecule has 10 heteroatoms. The second kappa shape index (κ2) is 6.97. The molecule has 5 heterocycles. The van der Waals surface area contributed by atoms with E-state index >= 15 is 0 Å². The third-order valence-corrected chi connectivity index (χ3v) is 5.32. The van der Waals surface area contributed by atoms with Crippen LogP contribution in [0.4, 0.5) is 5.82 Å². The van der Waals surface area contributed by atoms with Gasteiger partial charge >= 0.3 is 0 Å². The van der Waals surface area contributed by atoms with Crippen LogP contribution in [-0.2, 0) is 0 Å². The molecule has 0 N–H and O–H groups in total. The highest BCUT2D eigenvalue weighted by molar-refractivity contribution is 5.64.